The quantitative estimate of drug-likeness (QED) is 0.644. The molecule has 0 spiro atoms. The fourth-order valence-corrected chi connectivity index (χ4v) is 1.13. The summed E-state index contributed by atoms with van der Waals surface area (Å²) in [5.41, 5.74) is 0.928. The second kappa shape index (κ2) is 9.89. The molecule has 1 heterocycles. The lowest BCUT2D eigenvalue weighted by Crippen LogP contribution is -1.88. The molecule has 1 aromatic rings. The van der Waals surface area contributed by atoms with Crippen molar-refractivity contribution in [3.63, 3.8) is 0 Å². The molecule has 98 valence electrons. The molecular weight excluding hydrogens is 236 g/mol. The summed E-state index contributed by atoms with van der Waals surface area (Å²) >= 11 is 0. The SMILES string of the molecule is C=CCc1ccccc1O.C=O.O=C1OCCO1. The average molecular weight is 252 g/mol. The highest BCUT2D eigenvalue weighted by Crippen LogP contribution is 2.15. The number of ether oxygens (including phenoxy) is 2. The lowest BCUT2D eigenvalue weighted by Gasteiger charge is -1.97. The van der Waals surface area contributed by atoms with Crippen LogP contribution in [0.5, 0.6) is 5.75 Å². The second-order valence-corrected chi connectivity index (χ2v) is 3.07. The third-order valence-corrected chi connectivity index (χ3v) is 1.88. The van der Waals surface area contributed by atoms with E-state index in [0.717, 1.165) is 12.0 Å². The van der Waals surface area contributed by atoms with Gasteiger partial charge in [-0.25, -0.2) is 4.79 Å². The lowest BCUT2D eigenvalue weighted by molar-refractivity contribution is -0.0980. The van der Waals surface area contributed by atoms with E-state index in [9.17, 15) is 9.90 Å². The topological polar surface area (TPSA) is 72.8 Å². The lowest BCUT2D eigenvalue weighted by atomic mass is 10.1. The Hall–Kier alpha value is -2.30. The third-order valence-electron chi connectivity index (χ3n) is 1.88. The molecule has 18 heavy (non-hydrogen) atoms. The molecule has 1 saturated heterocycles. The number of benzene rings is 1. The third kappa shape index (κ3) is 6.32. The van der Waals surface area contributed by atoms with E-state index in [2.05, 4.69) is 16.1 Å². The summed E-state index contributed by atoms with van der Waals surface area (Å²) in [4.78, 5) is 17.8. The summed E-state index contributed by atoms with van der Waals surface area (Å²) in [6.07, 6.45) is 1.96. The molecule has 1 N–H and O–H groups in total. The summed E-state index contributed by atoms with van der Waals surface area (Å²) in [6, 6.07) is 7.27. The van der Waals surface area contributed by atoms with Gasteiger partial charge in [-0.3, -0.25) is 0 Å². The zero-order chi connectivity index (χ0) is 13.8. The van der Waals surface area contributed by atoms with E-state index in [1.165, 1.54) is 0 Å². The van der Waals surface area contributed by atoms with Gasteiger partial charge in [-0.1, -0.05) is 24.3 Å². The van der Waals surface area contributed by atoms with E-state index in [1.807, 2.05) is 25.0 Å². The first-order valence-corrected chi connectivity index (χ1v) is 5.20. The highest BCUT2D eigenvalue weighted by molar-refractivity contribution is 5.61. The highest BCUT2D eigenvalue weighted by atomic mass is 16.8. The standard InChI is InChI=1S/C9H10O.C3H4O3.CH2O/c1-2-5-8-6-3-4-7-9(8)10;4-3-5-1-2-6-3;1-2/h2-4,6-7,10H,1,5H2;1-2H2;1H2. The van der Waals surface area contributed by atoms with Crippen molar-refractivity contribution in [3.8, 4) is 5.75 Å². The molecule has 1 aromatic carbocycles. The van der Waals surface area contributed by atoms with Crippen LogP contribution in [0.2, 0.25) is 0 Å². The predicted octanol–water partition coefficient (Wildman–Crippen LogP) is 2.09. The van der Waals surface area contributed by atoms with Gasteiger partial charge in [0.25, 0.3) is 0 Å². The number of allylic oxidation sites excluding steroid dienone is 1. The summed E-state index contributed by atoms with van der Waals surface area (Å²) in [6.45, 7) is 6.42. The van der Waals surface area contributed by atoms with Crippen molar-refractivity contribution in [1.29, 1.82) is 0 Å². The van der Waals surface area contributed by atoms with Crippen LogP contribution in [0.1, 0.15) is 5.56 Å². The zero-order valence-corrected chi connectivity index (χ0v) is 10.0. The molecule has 0 atom stereocenters. The normalized spacial score (nSPS) is 11.9. The Morgan fingerprint density at radius 1 is 1.22 bits per heavy atom. The summed E-state index contributed by atoms with van der Waals surface area (Å²) in [5.74, 6) is 0.349. The number of carbonyl (C=O) groups excluding carboxylic acids is 2. The molecular formula is C13H16O5. The van der Waals surface area contributed by atoms with E-state index in [-0.39, 0.29) is 0 Å². The second-order valence-electron chi connectivity index (χ2n) is 3.07. The summed E-state index contributed by atoms with van der Waals surface area (Å²) in [7, 11) is 0. The van der Waals surface area contributed by atoms with Gasteiger partial charge in [0.15, 0.2) is 0 Å². The molecule has 1 aliphatic heterocycles. The van der Waals surface area contributed by atoms with Crippen molar-refractivity contribution >= 4 is 12.9 Å². The number of hydrogen-bond donors (Lipinski definition) is 1. The van der Waals surface area contributed by atoms with Crippen molar-refractivity contribution in [2.75, 3.05) is 13.2 Å². The zero-order valence-electron chi connectivity index (χ0n) is 10.0. The van der Waals surface area contributed by atoms with Gasteiger partial charge in [-0.05, 0) is 18.1 Å². The van der Waals surface area contributed by atoms with Crippen LogP contribution in [0.3, 0.4) is 0 Å². The van der Waals surface area contributed by atoms with Gasteiger partial charge in [0, 0.05) is 0 Å². The fourth-order valence-electron chi connectivity index (χ4n) is 1.13. The number of rotatable bonds is 2. The van der Waals surface area contributed by atoms with Crippen molar-refractivity contribution in [2.24, 2.45) is 0 Å². The van der Waals surface area contributed by atoms with Gasteiger partial charge in [-0.2, -0.15) is 0 Å². The maximum absolute atomic E-state index is 9.80. The van der Waals surface area contributed by atoms with Crippen LogP contribution in [0, 0.1) is 0 Å². The van der Waals surface area contributed by atoms with Gasteiger partial charge < -0.3 is 19.4 Å². The Kier molecular flexibility index (Phi) is 8.63. The van der Waals surface area contributed by atoms with Crippen LogP contribution >= 0.6 is 0 Å². The molecule has 5 heteroatoms. The largest absolute Gasteiger partial charge is 0.508 e. The maximum Gasteiger partial charge on any atom is 0.508 e. The molecule has 0 bridgehead atoms. The first-order chi connectivity index (χ1) is 8.74. The number of hydrogen-bond acceptors (Lipinski definition) is 5. The monoisotopic (exact) mass is 252 g/mol. The fraction of sp³-hybridized carbons (Fsp3) is 0.231. The molecule has 5 nitrogen and oxygen atoms in total. The minimum Gasteiger partial charge on any atom is -0.508 e. The number of cyclic esters (lactones) is 2. The molecule has 2 rings (SSSR count). The van der Waals surface area contributed by atoms with Crippen LogP contribution in [0.15, 0.2) is 36.9 Å². The predicted molar refractivity (Wildman–Crippen MR) is 66.4 cm³/mol. The van der Waals surface area contributed by atoms with Crippen LogP contribution in [0.25, 0.3) is 0 Å². The molecule has 1 aliphatic rings. The number of phenols is 1. The number of para-hydroxylation sites is 1. The number of phenolic OH excluding ortho intramolecular Hbond substituents is 1. The van der Waals surface area contributed by atoms with E-state index < -0.39 is 6.16 Å². The van der Waals surface area contributed by atoms with E-state index >= 15 is 0 Å². The van der Waals surface area contributed by atoms with Crippen LogP contribution in [-0.4, -0.2) is 31.3 Å². The molecule has 0 unspecified atom stereocenters. The first kappa shape index (κ1) is 15.7. The van der Waals surface area contributed by atoms with Crippen molar-refractivity contribution in [3.05, 3.63) is 42.5 Å². The molecule has 1 fully saturated rings. The van der Waals surface area contributed by atoms with Crippen molar-refractivity contribution < 1.29 is 24.2 Å². The Labute approximate surface area is 106 Å². The van der Waals surface area contributed by atoms with Gasteiger partial charge in [0.2, 0.25) is 0 Å². The van der Waals surface area contributed by atoms with Gasteiger partial charge in [-0.15, -0.1) is 6.58 Å². The van der Waals surface area contributed by atoms with Crippen LogP contribution in [-0.2, 0) is 20.7 Å². The van der Waals surface area contributed by atoms with Crippen molar-refractivity contribution in [2.45, 2.75) is 6.42 Å². The summed E-state index contributed by atoms with van der Waals surface area (Å²) in [5, 5.41) is 9.19. The Bertz CT molecular complexity index is 367. The van der Waals surface area contributed by atoms with Gasteiger partial charge >= 0.3 is 6.16 Å². The smallest absolute Gasteiger partial charge is 0.508 e. The van der Waals surface area contributed by atoms with Gasteiger partial charge in [0.05, 0.1) is 0 Å². The number of carbonyl (C=O) groups is 2. The number of aromatic hydroxyl groups is 1. The molecule has 0 saturated carbocycles. The van der Waals surface area contributed by atoms with E-state index in [4.69, 9.17) is 4.79 Å². The Morgan fingerprint density at radius 3 is 2.17 bits per heavy atom. The highest BCUT2D eigenvalue weighted by Gasteiger charge is 2.09. The van der Waals surface area contributed by atoms with Crippen LogP contribution in [0.4, 0.5) is 4.79 Å². The van der Waals surface area contributed by atoms with E-state index in [1.54, 1.807) is 12.1 Å². The van der Waals surface area contributed by atoms with E-state index in [0.29, 0.717) is 19.0 Å². The Morgan fingerprint density at radius 2 is 1.78 bits per heavy atom. The molecule has 0 radical (unpaired) electrons. The molecule has 0 aliphatic carbocycles. The minimum absolute atomic E-state index is 0.349. The summed E-state index contributed by atoms with van der Waals surface area (Å²) < 4.78 is 8.58. The van der Waals surface area contributed by atoms with Crippen molar-refractivity contribution in [1.82, 2.24) is 0 Å². The van der Waals surface area contributed by atoms with Gasteiger partial charge in [0.1, 0.15) is 25.8 Å². The molecule has 0 amide bonds. The first-order valence-electron chi connectivity index (χ1n) is 5.20. The average Bonchev–Trinajstić information content (AvgIpc) is 2.87. The Balaban J connectivity index is 0.000000308. The maximum atomic E-state index is 9.80. The minimum atomic E-state index is -0.546. The van der Waals surface area contributed by atoms with Crippen LogP contribution < -0.4 is 0 Å². The molecule has 0 aromatic heterocycles.